The summed E-state index contributed by atoms with van der Waals surface area (Å²) < 4.78 is 10.4. The Hall–Kier alpha value is -0.120. The monoisotopic (exact) mass is 188 g/mol. The van der Waals surface area contributed by atoms with Crippen molar-refractivity contribution in [1.29, 1.82) is 0 Å². The molecule has 0 aromatic heterocycles. The molecule has 0 radical (unpaired) electrons. The molecule has 1 aliphatic rings. The second kappa shape index (κ2) is 5.58. The standard InChI is InChI=1S/C10H20O3/c1-8(3-5-12-2)9-7-13-6-4-10(9)11/h8-11H,3-7H2,1-2H3. The highest BCUT2D eigenvalue weighted by Gasteiger charge is 2.28. The molecule has 0 aromatic carbocycles. The molecule has 0 amide bonds. The number of rotatable bonds is 4. The van der Waals surface area contributed by atoms with E-state index in [9.17, 15) is 5.11 Å². The van der Waals surface area contributed by atoms with Crippen molar-refractivity contribution < 1.29 is 14.6 Å². The van der Waals surface area contributed by atoms with Crippen LogP contribution >= 0.6 is 0 Å². The van der Waals surface area contributed by atoms with E-state index in [2.05, 4.69) is 6.92 Å². The molecule has 3 unspecified atom stereocenters. The summed E-state index contributed by atoms with van der Waals surface area (Å²) in [6, 6.07) is 0. The molecule has 1 N–H and O–H groups in total. The van der Waals surface area contributed by atoms with Gasteiger partial charge in [-0.05, 0) is 18.8 Å². The van der Waals surface area contributed by atoms with Gasteiger partial charge in [-0.3, -0.25) is 0 Å². The van der Waals surface area contributed by atoms with Gasteiger partial charge in [0.1, 0.15) is 0 Å². The fourth-order valence-corrected chi connectivity index (χ4v) is 1.81. The summed E-state index contributed by atoms with van der Waals surface area (Å²) in [7, 11) is 1.71. The van der Waals surface area contributed by atoms with Gasteiger partial charge in [-0.15, -0.1) is 0 Å². The van der Waals surface area contributed by atoms with Gasteiger partial charge >= 0.3 is 0 Å². The Morgan fingerprint density at radius 2 is 2.38 bits per heavy atom. The lowest BCUT2D eigenvalue weighted by Gasteiger charge is -2.32. The fraction of sp³-hybridized carbons (Fsp3) is 1.00. The first kappa shape index (κ1) is 11.0. The second-order valence-electron chi connectivity index (χ2n) is 3.85. The normalized spacial score (nSPS) is 31.6. The molecule has 1 fully saturated rings. The summed E-state index contributed by atoms with van der Waals surface area (Å²) in [6.07, 6.45) is 1.60. The smallest absolute Gasteiger partial charge is 0.0614 e. The Balaban J connectivity index is 2.30. The zero-order chi connectivity index (χ0) is 9.68. The Labute approximate surface area is 80.0 Å². The van der Waals surface area contributed by atoms with Gasteiger partial charge in [0, 0.05) is 26.2 Å². The minimum absolute atomic E-state index is 0.180. The van der Waals surface area contributed by atoms with Gasteiger partial charge in [0.25, 0.3) is 0 Å². The molecule has 1 aliphatic heterocycles. The minimum Gasteiger partial charge on any atom is -0.393 e. The van der Waals surface area contributed by atoms with Crippen molar-refractivity contribution in [3.63, 3.8) is 0 Å². The molecular weight excluding hydrogens is 168 g/mol. The van der Waals surface area contributed by atoms with Crippen LogP contribution in [0.3, 0.4) is 0 Å². The molecule has 3 nitrogen and oxygen atoms in total. The third-order valence-electron chi connectivity index (χ3n) is 2.87. The Morgan fingerprint density at radius 3 is 3.00 bits per heavy atom. The number of aliphatic hydroxyl groups excluding tert-OH is 1. The summed E-state index contributed by atoms with van der Waals surface area (Å²) in [5, 5.41) is 9.72. The summed E-state index contributed by atoms with van der Waals surface area (Å²) in [4.78, 5) is 0. The van der Waals surface area contributed by atoms with Crippen LogP contribution in [0.25, 0.3) is 0 Å². The van der Waals surface area contributed by atoms with E-state index in [1.165, 1.54) is 0 Å². The molecule has 1 heterocycles. The van der Waals surface area contributed by atoms with Crippen molar-refractivity contribution in [1.82, 2.24) is 0 Å². The highest BCUT2D eigenvalue weighted by atomic mass is 16.5. The summed E-state index contributed by atoms with van der Waals surface area (Å²) in [5.41, 5.74) is 0. The highest BCUT2D eigenvalue weighted by Crippen LogP contribution is 2.24. The van der Waals surface area contributed by atoms with Crippen LogP contribution in [0, 0.1) is 11.8 Å². The van der Waals surface area contributed by atoms with Gasteiger partial charge in [-0.2, -0.15) is 0 Å². The van der Waals surface area contributed by atoms with E-state index in [4.69, 9.17) is 9.47 Å². The van der Waals surface area contributed by atoms with Gasteiger partial charge < -0.3 is 14.6 Å². The fourth-order valence-electron chi connectivity index (χ4n) is 1.81. The Bertz CT molecular complexity index is 138. The molecule has 0 saturated carbocycles. The maximum Gasteiger partial charge on any atom is 0.0614 e. The van der Waals surface area contributed by atoms with Crippen molar-refractivity contribution in [2.75, 3.05) is 26.9 Å². The van der Waals surface area contributed by atoms with Gasteiger partial charge in [0.2, 0.25) is 0 Å². The largest absolute Gasteiger partial charge is 0.393 e. The molecule has 13 heavy (non-hydrogen) atoms. The lowest BCUT2D eigenvalue weighted by Crippen LogP contribution is -2.36. The van der Waals surface area contributed by atoms with Crippen molar-refractivity contribution in [3.05, 3.63) is 0 Å². The van der Waals surface area contributed by atoms with Crippen LogP contribution < -0.4 is 0 Å². The van der Waals surface area contributed by atoms with E-state index in [1.54, 1.807) is 7.11 Å². The SMILES string of the molecule is COCCC(C)C1COCCC1O. The lowest BCUT2D eigenvalue weighted by atomic mass is 9.85. The average Bonchev–Trinajstić information content (AvgIpc) is 2.15. The maximum atomic E-state index is 9.72. The predicted octanol–water partition coefficient (Wildman–Crippen LogP) is 1.06. The van der Waals surface area contributed by atoms with Gasteiger partial charge in [-0.25, -0.2) is 0 Å². The van der Waals surface area contributed by atoms with Gasteiger partial charge in [-0.1, -0.05) is 6.92 Å². The molecule has 3 atom stereocenters. The molecule has 1 saturated heterocycles. The highest BCUT2D eigenvalue weighted by molar-refractivity contribution is 4.77. The number of aliphatic hydroxyl groups is 1. The maximum absolute atomic E-state index is 9.72. The topological polar surface area (TPSA) is 38.7 Å². The molecule has 1 rings (SSSR count). The van der Waals surface area contributed by atoms with Crippen LogP contribution in [-0.4, -0.2) is 38.1 Å². The third-order valence-corrected chi connectivity index (χ3v) is 2.87. The zero-order valence-electron chi connectivity index (χ0n) is 8.53. The lowest BCUT2D eigenvalue weighted by molar-refractivity contribution is -0.0583. The van der Waals surface area contributed by atoms with Gasteiger partial charge in [0.05, 0.1) is 12.7 Å². The third kappa shape index (κ3) is 3.25. The number of hydrogen-bond donors (Lipinski definition) is 1. The predicted molar refractivity (Wildman–Crippen MR) is 50.6 cm³/mol. The van der Waals surface area contributed by atoms with Crippen molar-refractivity contribution in [2.45, 2.75) is 25.9 Å². The first-order valence-corrected chi connectivity index (χ1v) is 5.00. The molecule has 78 valence electrons. The Morgan fingerprint density at radius 1 is 1.62 bits per heavy atom. The Kier molecular flexibility index (Phi) is 4.70. The molecule has 0 bridgehead atoms. The summed E-state index contributed by atoms with van der Waals surface area (Å²) in [6.45, 7) is 4.33. The quantitative estimate of drug-likeness (QED) is 0.717. The van der Waals surface area contributed by atoms with Crippen molar-refractivity contribution in [2.24, 2.45) is 11.8 Å². The van der Waals surface area contributed by atoms with E-state index in [0.29, 0.717) is 25.0 Å². The summed E-state index contributed by atoms with van der Waals surface area (Å²) in [5.74, 6) is 0.777. The molecule has 0 spiro atoms. The average molecular weight is 188 g/mol. The zero-order valence-corrected chi connectivity index (χ0v) is 8.53. The van der Waals surface area contributed by atoms with Gasteiger partial charge in [0.15, 0.2) is 0 Å². The van der Waals surface area contributed by atoms with Crippen molar-refractivity contribution in [3.8, 4) is 0 Å². The van der Waals surface area contributed by atoms with Crippen LogP contribution in [-0.2, 0) is 9.47 Å². The van der Waals surface area contributed by atoms with Crippen LogP contribution in [0.1, 0.15) is 19.8 Å². The molecule has 0 aliphatic carbocycles. The number of methoxy groups -OCH3 is 1. The van der Waals surface area contributed by atoms with E-state index < -0.39 is 0 Å². The minimum atomic E-state index is -0.180. The molecule has 0 aromatic rings. The van der Waals surface area contributed by atoms with Crippen LogP contribution in [0.15, 0.2) is 0 Å². The second-order valence-corrected chi connectivity index (χ2v) is 3.85. The van der Waals surface area contributed by atoms with E-state index in [-0.39, 0.29) is 6.10 Å². The molecule has 3 heteroatoms. The molecular formula is C10H20O3. The van der Waals surface area contributed by atoms with E-state index in [0.717, 1.165) is 19.4 Å². The van der Waals surface area contributed by atoms with Crippen LogP contribution in [0.4, 0.5) is 0 Å². The van der Waals surface area contributed by atoms with E-state index >= 15 is 0 Å². The van der Waals surface area contributed by atoms with Crippen LogP contribution in [0.5, 0.6) is 0 Å². The number of hydrogen-bond acceptors (Lipinski definition) is 3. The first-order valence-electron chi connectivity index (χ1n) is 5.00. The summed E-state index contributed by atoms with van der Waals surface area (Å²) >= 11 is 0. The van der Waals surface area contributed by atoms with E-state index in [1.807, 2.05) is 0 Å². The van der Waals surface area contributed by atoms with Crippen molar-refractivity contribution >= 4 is 0 Å². The number of ether oxygens (including phenoxy) is 2. The van der Waals surface area contributed by atoms with Crippen LogP contribution in [0.2, 0.25) is 0 Å². The first-order chi connectivity index (χ1) is 6.25.